The first-order valence-corrected chi connectivity index (χ1v) is 11.9. The van der Waals surface area contributed by atoms with Crippen molar-refractivity contribution in [3.05, 3.63) is 70.3 Å². The van der Waals surface area contributed by atoms with Crippen molar-refractivity contribution in [1.82, 2.24) is 5.32 Å². The average molecular weight is 427 g/mol. The van der Waals surface area contributed by atoms with Gasteiger partial charge in [0.05, 0.1) is 10.6 Å². The third-order valence-electron chi connectivity index (χ3n) is 5.48. The van der Waals surface area contributed by atoms with Gasteiger partial charge in [-0.3, -0.25) is 9.52 Å². The molecule has 0 fully saturated rings. The number of rotatable bonds is 7. The van der Waals surface area contributed by atoms with Crippen LogP contribution in [0.4, 0.5) is 5.69 Å². The summed E-state index contributed by atoms with van der Waals surface area (Å²) in [7, 11) is -3.81. The predicted octanol–water partition coefficient (Wildman–Crippen LogP) is 5.03. The molecule has 3 rings (SSSR count). The highest BCUT2D eigenvalue weighted by Gasteiger charge is 2.20. The molecule has 2 N–H and O–H groups in total. The zero-order chi connectivity index (χ0) is 21.7. The van der Waals surface area contributed by atoms with Gasteiger partial charge in [-0.05, 0) is 82.2 Å². The topological polar surface area (TPSA) is 75.3 Å². The lowest BCUT2D eigenvalue weighted by molar-refractivity contribution is 0.0954. The van der Waals surface area contributed by atoms with Crippen LogP contribution < -0.4 is 10.0 Å². The number of hydrogen-bond donors (Lipinski definition) is 2. The van der Waals surface area contributed by atoms with Crippen molar-refractivity contribution in [2.75, 3.05) is 11.3 Å². The van der Waals surface area contributed by atoms with Gasteiger partial charge in [-0.2, -0.15) is 0 Å². The number of aryl methyl sites for hydroxylation is 3. The van der Waals surface area contributed by atoms with Gasteiger partial charge in [0.2, 0.25) is 0 Å². The smallest absolute Gasteiger partial charge is 0.262 e. The zero-order valence-corrected chi connectivity index (χ0v) is 18.7. The Bertz CT molecular complexity index is 1070. The molecular weight excluding hydrogens is 396 g/mol. The Kier molecular flexibility index (Phi) is 6.98. The molecule has 30 heavy (non-hydrogen) atoms. The highest BCUT2D eigenvalue weighted by Crippen LogP contribution is 2.24. The molecule has 0 aromatic heterocycles. The molecule has 2 aromatic rings. The first kappa shape index (κ1) is 22.1. The van der Waals surface area contributed by atoms with Crippen LogP contribution >= 0.6 is 0 Å². The summed E-state index contributed by atoms with van der Waals surface area (Å²) in [4.78, 5) is 12.7. The van der Waals surface area contributed by atoms with E-state index in [1.54, 1.807) is 25.1 Å². The van der Waals surface area contributed by atoms with E-state index >= 15 is 0 Å². The quantitative estimate of drug-likeness (QED) is 0.610. The van der Waals surface area contributed by atoms with E-state index in [0.29, 0.717) is 23.4 Å². The lowest BCUT2D eigenvalue weighted by Crippen LogP contribution is -2.25. The third kappa shape index (κ3) is 5.51. The molecule has 0 aliphatic heterocycles. The van der Waals surface area contributed by atoms with Crippen LogP contribution in [-0.4, -0.2) is 20.9 Å². The Morgan fingerprint density at radius 3 is 2.50 bits per heavy atom. The number of anilines is 1. The molecule has 0 spiro atoms. The fourth-order valence-electron chi connectivity index (χ4n) is 3.73. The van der Waals surface area contributed by atoms with Gasteiger partial charge >= 0.3 is 0 Å². The summed E-state index contributed by atoms with van der Waals surface area (Å²) in [5, 5.41) is 2.91. The molecule has 0 unspecified atom stereocenters. The van der Waals surface area contributed by atoms with Gasteiger partial charge in [0, 0.05) is 12.1 Å². The first-order chi connectivity index (χ1) is 14.3. The molecule has 160 valence electrons. The van der Waals surface area contributed by atoms with E-state index in [1.807, 2.05) is 26.0 Å². The van der Waals surface area contributed by atoms with Gasteiger partial charge in [-0.1, -0.05) is 35.4 Å². The molecule has 1 aliphatic carbocycles. The van der Waals surface area contributed by atoms with Gasteiger partial charge in [-0.15, -0.1) is 0 Å². The van der Waals surface area contributed by atoms with Crippen LogP contribution in [0.1, 0.15) is 59.2 Å². The summed E-state index contributed by atoms with van der Waals surface area (Å²) in [6.07, 6.45) is 7.80. The standard InChI is InChI=1S/C24H30N2O3S/c1-17-9-12-22(19(3)15-17)26-30(28,29)23-16-21(11-10-18(23)2)24(27)25-14-13-20-7-5-4-6-8-20/h7,9-12,15-16,26H,4-6,8,13-14H2,1-3H3,(H,25,27). The van der Waals surface area contributed by atoms with Crippen LogP contribution in [0.3, 0.4) is 0 Å². The van der Waals surface area contributed by atoms with Gasteiger partial charge < -0.3 is 5.32 Å². The highest BCUT2D eigenvalue weighted by molar-refractivity contribution is 7.92. The van der Waals surface area contributed by atoms with E-state index in [0.717, 1.165) is 30.4 Å². The van der Waals surface area contributed by atoms with Crippen LogP contribution in [0.25, 0.3) is 0 Å². The summed E-state index contributed by atoms with van der Waals surface area (Å²) >= 11 is 0. The number of carbonyl (C=O) groups is 1. The Morgan fingerprint density at radius 1 is 1.00 bits per heavy atom. The van der Waals surface area contributed by atoms with E-state index < -0.39 is 10.0 Å². The van der Waals surface area contributed by atoms with Crippen LogP contribution in [-0.2, 0) is 10.0 Å². The zero-order valence-electron chi connectivity index (χ0n) is 17.9. The van der Waals surface area contributed by atoms with Crippen LogP contribution in [0.5, 0.6) is 0 Å². The van der Waals surface area contributed by atoms with Crippen molar-refractivity contribution in [1.29, 1.82) is 0 Å². The van der Waals surface area contributed by atoms with Crippen LogP contribution in [0.2, 0.25) is 0 Å². The second-order valence-corrected chi connectivity index (χ2v) is 9.67. The van der Waals surface area contributed by atoms with Crippen LogP contribution in [0.15, 0.2) is 52.9 Å². The molecule has 1 aliphatic rings. The summed E-state index contributed by atoms with van der Waals surface area (Å²) in [5.74, 6) is -0.255. The number of nitrogens with one attached hydrogen (secondary N) is 2. The molecule has 0 atom stereocenters. The SMILES string of the molecule is Cc1ccc(NS(=O)(=O)c2cc(C(=O)NCCC3=CCCCC3)ccc2C)c(C)c1. The van der Waals surface area contributed by atoms with E-state index in [4.69, 9.17) is 0 Å². The van der Waals surface area contributed by atoms with Crippen LogP contribution in [0, 0.1) is 20.8 Å². The summed E-state index contributed by atoms with van der Waals surface area (Å²) in [6, 6.07) is 10.3. The molecular formula is C24H30N2O3S. The Labute approximate surface area is 179 Å². The number of hydrogen-bond acceptors (Lipinski definition) is 3. The number of sulfonamides is 1. The second-order valence-electron chi connectivity index (χ2n) is 8.02. The Balaban J connectivity index is 1.73. The minimum atomic E-state index is -3.81. The Hall–Kier alpha value is -2.60. The summed E-state index contributed by atoms with van der Waals surface area (Å²) < 4.78 is 28.7. The van der Waals surface area contributed by atoms with Crippen molar-refractivity contribution >= 4 is 21.6 Å². The fourth-order valence-corrected chi connectivity index (χ4v) is 5.13. The largest absolute Gasteiger partial charge is 0.352 e. The average Bonchev–Trinajstić information content (AvgIpc) is 2.71. The molecule has 0 heterocycles. The second kappa shape index (κ2) is 9.47. The fraction of sp³-hybridized carbons (Fsp3) is 0.375. The van der Waals surface area contributed by atoms with E-state index in [1.165, 1.54) is 24.5 Å². The maximum Gasteiger partial charge on any atom is 0.262 e. The molecule has 0 saturated heterocycles. The Morgan fingerprint density at radius 2 is 1.80 bits per heavy atom. The highest BCUT2D eigenvalue weighted by atomic mass is 32.2. The number of benzene rings is 2. The van der Waals surface area contributed by atoms with Gasteiger partial charge in [0.1, 0.15) is 0 Å². The molecule has 2 aromatic carbocycles. The van der Waals surface area contributed by atoms with Crippen molar-refractivity contribution in [2.45, 2.75) is 57.8 Å². The number of allylic oxidation sites excluding steroid dienone is 1. The van der Waals surface area contributed by atoms with Gasteiger partial charge in [0.25, 0.3) is 15.9 Å². The number of amides is 1. The van der Waals surface area contributed by atoms with Crippen molar-refractivity contribution in [3.63, 3.8) is 0 Å². The molecule has 0 radical (unpaired) electrons. The minimum Gasteiger partial charge on any atom is -0.352 e. The lowest BCUT2D eigenvalue weighted by atomic mass is 9.97. The molecule has 0 bridgehead atoms. The van der Waals surface area contributed by atoms with E-state index in [-0.39, 0.29) is 10.8 Å². The van der Waals surface area contributed by atoms with Crippen molar-refractivity contribution in [3.8, 4) is 0 Å². The monoisotopic (exact) mass is 426 g/mol. The third-order valence-corrected chi connectivity index (χ3v) is 6.99. The van der Waals surface area contributed by atoms with Gasteiger partial charge in [0.15, 0.2) is 0 Å². The van der Waals surface area contributed by atoms with Crippen molar-refractivity contribution in [2.24, 2.45) is 0 Å². The van der Waals surface area contributed by atoms with Crippen molar-refractivity contribution < 1.29 is 13.2 Å². The molecule has 5 nitrogen and oxygen atoms in total. The molecule has 0 saturated carbocycles. The number of carbonyl (C=O) groups excluding carboxylic acids is 1. The first-order valence-electron chi connectivity index (χ1n) is 10.4. The summed E-state index contributed by atoms with van der Waals surface area (Å²) in [5.41, 5.74) is 4.79. The lowest BCUT2D eigenvalue weighted by Gasteiger charge is -2.15. The maximum atomic E-state index is 13.0. The molecule has 1 amide bonds. The maximum absolute atomic E-state index is 13.0. The van der Waals surface area contributed by atoms with Gasteiger partial charge in [-0.25, -0.2) is 8.42 Å². The predicted molar refractivity (Wildman–Crippen MR) is 121 cm³/mol. The van der Waals surface area contributed by atoms with E-state index in [9.17, 15) is 13.2 Å². The summed E-state index contributed by atoms with van der Waals surface area (Å²) in [6.45, 7) is 6.11. The van der Waals surface area contributed by atoms with E-state index in [2.05, 4.69) is 16.1 Å². The molecule has 6 heteroatoms. The minimum absolute atomic E-state index is 0.116. The normalized spacial score (nSPS) is 14.2.